The number of ether oxygens (including phenoxy) is 1. The molecule has 0 radical (unpaired) electrons. The Hall–Kier alpha value is -0.610. The molecule has 2 saturated heterocycles. The molecular formula is C15H26N2O2. The van der Waals surface area contributed by atoms with Gasteiger partial charge in [-0.3, -0.25) is 4.79 Å². The third-order valence-corrected chi connectivity index (χ3v) is 5.62. The number of amides is 1. The molecule has 2 aliphatic heterocycles. The standard InChI is InChI=1S/C15H26N2O2/c1-11-3-2-6-17(13(11)10-16)14(18)12-9-15(12)4-7-19-8-5-15/h11-13H,2-10,16H2,1H3/t11-,12+,13+/m1/s1. The van der Waals surface area contributed by atoms with Gasteiger partial charge < -0.3 is 15.4 Å². The minimum absolute atomic E-state index is 0.260. The molecule has 108 valence electrons. The van der Waals surface area contributed by atoms with Crippen molar-refractivity contribution in [3.63, 3.8) is 0 Å². The first-order chi connectivity index (χ1) is 9.18. The average molecular weight is 266 g/mol. The molecule has 4 nitrogen and oxygen atoms in total. The summed E-state index contributed by atoms with van der Waals surface area (Å²) in [6, 6.07) is 0.263. The van der Waals surface area contributed by atoms with Crippen LogP contribution in [0.1, 0.15) is 39.0 Å². The first-order valence-corrected chi connectivity index (χ1v) is 7.76. The number of rotatable bonds is 2. The monoisotopic (exact) mass is 266 g/mol. The van der Waals surface area contributed by atoms with Gasteiger partial charge in [0.05, 0.1) is 0 Å². The third kappa shape index (κ3) is 2.29. The van der Waals surface area contributed by atoms with E-state index in [4.69, 9.17) is 10.5 Å². The summed E-state index contributed by atoms with van der Waals surface area (Å²) in [5.74, 6) is 1.19. The van der Waals surface area contributed by atoms with Gasteiger partial charge in [-0.2, -0.15) is 0 Å². The van der Waals surface area contributed by atoms with E-state index in [2.05, 4.69) is 11.8 Å². The zero-order valence-corrected chi connectivity index (χ0v) is 11.9. The number of nitrogens with two attached hydrogens (primary N) is 1. The smallest absolute Gasteiger partial charge is 0.226 e. The van der Waals surface area contributed by atoms with E-state index in [1.165, 1.54) is 6.42 Å². The normalized spacial score (nSPS) is 37.4. The topological polar surface area (TPSA) is 55.6 Å². The van der Waals surface area contributed by atoms with E-state index in [9.17, 15) is 4.79 Å². The molecule has 2 heterocycles. The van der Waals surface area contributed by atoms with Crippen LogP contribution in [0, 0.1) is 17.3 Å². The SMILES string of the molecule is C[C@@H]1CCCN(C(=O)[C@@H]2CC23CCOCC3)[C@H]1CN. The molecule has 0 aromatic heterocycles. The second kappa shape index (κ2) is 5.06. The highest BCUT2D eigenvalue weighted by molar-refractivity contribution is 5.83. The van der Waals surface area contributed by atoms with Gasteiger partial charge in [0.25, 0.3) is 0 Å². The van der Waals surface area contributed by atoms with Crippen LogP contribution >= 0.6 is 0 Å². The molecule has 1 amide bonds. The van der Waals surface area contributed by atoms with Gasteiger partial charge in [-0.1, -0.05) is 6.92 Å². The summed E-state index contributed by atoms with van der Waals surface area (Å²) in [5.41, 5.74) is 6.19. The highest BCUT2D eigenvalue weighted by atomic mass is 16.5. The quantitative estimate of drug-likeness (QED) is 0.821. The Morgan fingerprint density at radius 1 is 1.42 bits per heavy atom. The maximum Gasteiger partial charge on any atom is 0.226 e. The Bertz CT molecular complexity index is 352. The van der Waals surface area contributed by atoms with Crippen LogP contribution in [0.25, 0.3) is 0 Å². The number of piperidine rings is 1. The van der Waals surface area contributed by atoms with Crippen LogP contribution < -0.4 is 5.73 Å². The van der Waals surface area contributed by atoms with Crippen LogP contribution in [0.5, 0.6) is 0 Å². The molecule has 3 atom stereocenters. The lowest BCUT2D eigenvalue weighted by molar-refractivity contribution is -0.138. The summed E-state index contributed by atoms with van der Waals surface area (Å²) in [5, 5.41) is 0. The van der Waals surface area contributed by atoms with Crippen molar-refractivity contribution in [2.75, 3.05) is 26.3 Å². The fraction of sp³-hybridized carbons (Fsp3) is 0.933. The van der Waals surface area contributed by atoms with Crippen molar-refractivity contribution in [2.45, 2.75) is 45.1 Å². The first-order valence-electron chi connectivity index (χ1n) is 7.76. The van der Waals surface area contributed by atoms with Crippen LogP contribution in [0.2, 0.25) is 0 Å². The molecular weight excluding hydrogens is 240 g/mol. The minimum Gasteiger partial charge on any atom is -0.381 e. The van der Waals surface area contributed by atoms with E-state index >= 15 is 0 Å². The zero-order valence-electron chi connectivity index (χ0n) is 11.9. The molecule has 2 N–H and O–H groups in total. The first kappa shape index (κ1) is 13.4. The zero-order chi connectivity index (χ0) is 13.5. The highest BCUT2D eigenvalue weighted by Gasteiger charge is 2.59. The lowest BCUT2D eigenvalue weighted by Crippen LogP contribution is -2.52. The number of hydrogen-bond acceptors (Lipinski definition) is 3. The Balaban J connectivity index is 1.67. The van der Waals surface area contributed by atoms with Gasteiger partial charge in [-0.25, -0.2) is 0 Å². The predicted molar refractivity (Wildman–Crippen MR) is 73.5 cm³/mol. The number of hydrogen-bond donors (Lipinski definition) is 1. The van der Waals surface area contributed by atoms with E-state index < -0.39 is 0 Å². The fourth-order valence-corrected chi connectivity index (χ4v) is 4.11. The summed E-state index contributed by atoms with van der Waals surface area (Å²) in [6.45, 7) is 5.42. The minimum atomic E-state index is 0.260. The van der Waals surface area contributed by atoms with Gasteiger partial charge >= 0.3 is 0 Å². The van der Waals surface area contributed by atoms with Crippen LogP contribution in [-0.2, 0) is 9.53 Å². The average Bonchev–Trinajstić information content (AvgIpc) is 3.12. The van der Waals surface area contributed by atoms with Gasteiger partial charge in [0.2, 0.25) is 5.91 Å². The van der Waals surface area contributed by atoms with Gasteiger partial charge in [0.15, 0.2) is 0 Å². The van der Waals surface area contributed by atoms with Crippen LogP contribution in [0.4, 0.5) is 0 Å². The number of carbonyl (C=O) groups excluding carboxylic acids is 1. The lowest BCUT2D eigenvalue weighted by atomic mass is 9.89. The molecule has 0 unspecified atom stereocenters. The third-order valence-electron chi connectivity index (χ3n) is 5.62. The van der Waals surface area contributed by atoms with E-state index in [-0.39, 0.29) is 17.4 Å². The molecule has 1 aliphatic carbocycles. The summed E-state index contributed by atoms with van der Waals surface area (Å²) in [6.07, 6.45) is 5.55. The van der Waals surface area contributed by atoms with E-state index in [1.54, 1.807) is 0 Å². The second-order valence-corrected chi connectivity index (χ2v) is 6.69. The number of nitrogens with zero attached hydrogens (tertiary/aromatic N) is 1. The maximum atomic E-state index is 12.8. The predicted octanol–water partition coefficient (Wildman–Crippen LogP) is 1.39. The molecule has 1 saturated carbocycles. The molecule has 0 aromatic carbocycles. The van der Waals surface area contributed by atoms with Gasteiger partial charge in [-0.05, 0) is 43.4 Å². The number of likely N-dealkylation sites (tertiary alicyclic amines) is 1. The van der Waals surface area contributed by atoms with Crippen LogP contribution in [-0.4, -0.2) is 43.2 Å². The van der Waals surface area contributed by atoms with Gasteiger partial charge in [0, 0.05) is 38.3 Å². The van der Waals surface area contributed by atoms with Crippen LogP contribution in [0.3, 0.4) is 0 Å². The van der Waals surface area contributed by atoms with E-state index in [0.717, 1.165) is 45.4 Å². The molecule has 3 fully saturated rings. The van der Waals surface area contributed by atoms with E-state index in [0.29, 0.717) is 18.4 Å². The Morgan fingerprint density at radius 2 is 2.16 bits per heavy atom. The van der Waals surface area contributed by atoms with Crippen molar-refractivity contribution in [3.05, 3.63) is 0 Å². The molecule has 3 aliphatic rings. The lowest BCUT2D eigenvalue weighted by Gasteiger charge is -2.40. The summed E-state index contributed by atoms with van der Waals surface area (Å²) >= 11 is 0. The van der Waals surface area contributed by atoms with E-state index in [1.807, 2.05) is 0 Å². The van der Waals surface area contributed by atoms with Crippen molar-refractivity contribution in [2.24, 2.45) is 23.0 Å². The van der Waals surface area contributed by atoms with Crippen molar-refractivity contribution in [1.82, 2.24) is 4.90 Å². The molecule has 19 heavy (non-hydrogen) atoms. The van der Waals surface area contributed by atoms with Crippen molar-refractivity contribution < 1.29 is 9.53 Å². The fourth-order valence-electron chi connectivity index (χ4n) is 4.11. The number of carbonyl (C=O) groups is 1. The molecule has 1 spiro atoms. The van der Waals surface area contributed by atoms with Crippen molar-refractivity contribution in [1.29, 1.82) is 0 Å². The summed E-state index contributed by atoms with van der Waals surface area (Å²) in [7, 11) is 0. The Kier molecular flexibility index (Phi) is 3.56. The van der Waals surface area contributed by atoms with Gasteiger partial charge in [0.1, 0.15) is 0 Å². The highest BCUT2D eigenvalue weighted by Crippen LogP contribution is 2.60. The van der Waals surface area contributed by atoms with Crippen molar-refractivity contribution >= 4 is 5.91 Å². The Labute approximate surface area is 115 Å². The Morgan fingerprint density at radius 3 is 2.84 bits per heavy atom. The molecule has 3 rings (SSSR count). The summed E-state index contributed by atoms with van der Waals surface area (Å²) < 4.78 is 5.43. The molecule has 0 aromatic rings. The molecule has 0 bridgehead atoms. The molecule has 4 heteroatoms. The van der Waals surface area contributed by atoms with Gasteiger partial charge in [-0.15, -0.1) is 0 Å². The maximum absolute atomic E-state index is 12.8. The summed E-state index contributed by atoms with van der Waals surface area (Å²) in [4.78, 5) is 14.9. The second-order valence-electron chi connectivity index (χ2n) is 6.69. The largest absolute Gasteiger partial charge is 0.381 e. The van der Waals surface area contributed by atoms with Crippen LogP contribution in [0.15, 0.2) is 0 Å². The van der Waals surface area contributed by atoms with Crippen molar-refractivity contribution in [3.8, 4) is 0 Å².